The molecule has 0 aliphatic carbocycles. The number of hydrogen-bond acceptors (Lipinski definition) is 6. The number of ether oxygens (including phenoxy) is 1. The second-order valence-corrected chi connectivity index (χ2v) is 7.11. The van der Waals surface area contributed by atoms with Gasteiger partial charge in [-0.1, -0.05) is 0 Å². The van der Waals surface area contributed by atoms with Gasteiger partial charge in [-0.15, -0.1) is 11.3 Å². The van der Waals surface area contributed by atoms with E-state index in [1.807, 2.05) is 11.4 Å². The Morgan fingerprint density at radius 3 is 3.08 bits per heavy atom. The van der Waals surface area contributed by atoms with E-state index in [9.17, 15) is 5.11 Å². The van der Waals surface area contributed by atoms with Crippen LogP contribution in [0.25, 0.3) is 21.3 Å². The Bertz CT molecular complexity index is 916. The lowest BCUT2D eigenvalue weighted by molar-refractivity contribution is -0.00949. The van der Waals surface area contributed by atoms with Crippen molar-refractivity contribution in [2.24, 2.45) is 0 Å². The average molecular weight is 342 g/mol. The maximum absolute atomic E-state index is 10.2. The minimum atomic E-state index is -0.663. The molecule has 24 heavy (non-hydrogen) atoms. The van der Waals surface area contributed by atoms with Crippen molar-refractivity contribution in [1.29, 1.82) is 5.26 Å². The molecule has 3 aromatic rings. The van der Waals surface area contributed by atoms with Crippen molar-refractivity contribution >= 4 is 32.6 Å². The number of thiophene rings is 1. The smallest absolute Gasteiger partial charge is 0.139 e. The van der Waals surface area contributed by atoms with Gasteiger partial charge in [0.25, 0.3) is 0 Å². The lowest BCUT2D eigenvalue weighted by Gasteiger charge is -2.30. The van der Waals surface area contributed by atoms with Crippen LogP contribution in [0.4, 0.5) is 0 Å². The molecule has 0 radical (unpaired) electrons. The summed E-state index contributed by atoms with van der Waals surface area (Å²) in [6.07, 6.45) is 3.31. The van der Waals surface area contributed by atoms with E-state index >= 15 is 0 Å². The van der Waals surface area contributed by atoms with Gasteiger partial charge in [0.1, 0.15) is 17.4 Å². The molecule has 3 atom stereocenters. The van der Waals surface area contributed by atoms with E-state index in [0.717, 1.165) is 34.1 Å². The highest BCUT2D eigenvalue weighted by Gasteiger charge is 2.28. The predicted octanol–water partition coefficient (Wildman–Crippen LogP) is 3.33. The molecule has 7 heteroatoms. The minimum Gasteiger partial charge on any atom is -0.385 e. The van der Waals surface area contributed by atoms with E-state index in [4.69, 9.17) is 10.00 Å². The third-order valence-corrected chi connectivity index (χ3v) is 5.47. The van der Waals surface area contributed by atoms with Gasteiger partial charge in [-0.2, -0.15) is 5.26 Å². The van der Waals surface area contributed by atoms with Gasteiger partial charge in [0.2, 0.25) is 0 Å². The van der Waals surface area contributed by atoms with E-state index < -0.39 is 6.10 Å². The fourth-order valence-corrected chi connectivity index (χ4v) is 4.31. The van der Waals surface area contributed by atoms with Crippen LogP contribution in [0, 0.1) is 11.3 Å². The van der Waals surface area contributed by atoms with E-state index in [2.05, 4.69) is 20.6 Å². The zero-order valence-corrected chi connectivity index (χ0v) is 14.2. The molecule has 1 N–H and O–H groups in total. The van der Waals surface area contributed by atoms with Crippen LogP contribution in [0.5, 0.6) is 0 Å². The number of aliphatic hydroxyl groups excluding tert-OH is 1. The summed E-state index contributed by atoms with van der Waals surface area (Å²) >= 11 is 1.64. The number of fused-ring (bicyclic) bond motifs is 3. The number of imidazole rings is 1. The molecule has 1 aliphatic heterocycles. The second-order valence-electron chi connectivity index (χ2n) is 6.19. The first kappa shape index (κ1) is 15.5. The first-order valence-electron chi connectivity index (χ1n) is 8.09. The van der Waals surface area contributed by atoms with Gasteiger partial charge in [-0.3, -0.25) is 4.98 Å². The lowest BCUT2D eigenvalue weighted by atomic mass is 10.0. The van der Waals surface area contributed by atoms with Crippen LogP contribution in [-0.4, -0.2) is 32.4 Å². The molecule has 4 heterocycles. The van der Waals surface area contributed by atoms with Crippen LogP contribution in [0.3, 0.4) is 0 Å². The van der Waals surface area contributed by atoms with Crippen LogP contribution in [0.1, 0.15) is 44.2 Å². The van der Waals surface area contributed by atoms with Crippen molar-refractivity contribution in [2.75, 3.05) is 6.61 Å². The molecule has 3 aromatic heterocycles. The molecule has 0 bridgehead atoms. The topological polar surface area (TPSA) is 84.0 Å². The summed E-state index contributed by atoms with van der Waals surface area (Å²) in [4.78, 5) is 9.07. The van der Waals surface area contributed by atoms with Crippen LogP contribution < -0.4 is 0 Å². The van der Waals surface area contributed by atoms with E-state index in [0.29, 0.717) is 18.9 Å². The molecule has 4 rings (SSSR count). The van der Waals surface area contributed by atoms with Crippen molar-refractivity contribution < 1.29 is 9.84 Å². The Morgan fingerprint density at radius 1 is 1.50 bits per heavy atom. The molecular weight excluding hydrogens is 324 g/mol. The van der Waals surface area contributed by atoms with E-state index in [-0.39, 0.29) is 12.1 Å². The average Bonchev–Trinajstić information content (AvgIpc) is 3.19. The summed E-state index contributed by atoms with van der Waals surface area (Å²) in [6.45, 7) is 2.27. The molecule has 0 saturated carbocycles. The number of pyridine rings is 1. The quantitative estimate of drug-likeness (QED) is 0.789. The Hall–Kier alpha value is -2.01. The van der Waals surface area contributed by atoms with Crippen LogP contribution in [0.2, 0.25) is 0 Å². The maximum Gasteiger partial charge on any atom is 0.139 e. The third-order valence-electron chi connectivity index (χ3n) is 4.55. The van der Waals surface area contributed by atoms with E-state index in [1.54, 1.807) is 24.5 Å². The Balaban J connectivity index is 1.82. The fourth-order valence-electron chi connectivity index (χ4n) is 3.42. The first-order chi connectivity index (χ1) is 11.7. The monoisotopic (exact) mass is 342 g/mol. The second kappa shape index (κ2) is 6.13. The molecule has 0 unspecified atom stereocenters. The Kier molecular flexibility index (Phi) is 3.96. The summed E-state index contributed by atoms with van der Waals surface area (Å²) in [7, 11) is 0. The van der Waals surface area contributed by atoms with Gasteiger partial charge in [0, 0.05) is 0 Å². The van der Waals surface area contributed by atoms with Crippen LogP contribution >= 0.6 is 11.3 Å². The summed E-state index contributed by atoms with van der Waals surface area (Å²) < 4.78 is 9.08. The van der Waals surface area contributed by atoms with Gasteiger partial charge in [0.05, 0.1) is 53.2 Å². The molecule has 1 fully saturated rings. The third kappa shape index (κ3) is 2.47. The molecule has 0 amide bonds. The van der Waals surface area contributed by atoms with Gasteiger partial charge in [-0.25, -0.2) is 4.98 Å². The summed E-state index contributed by atoms with van der Waals surface area (Å²) in [5.74, 6) is 0.653. The van der Waals surface area contributed by atoms with Crippen molar-refractivity contribution in [3.8, 4) is 6.07 Å². The largest absolute Gasteiger partial charge is 0.385 e. The Labute approximate surface area is 143 Å². The number of rotatable bonds is 3. The Morgan fingerprint density at radius 2 is 2.38 bits per heavy atom. The van der Waals surface area contributed by atoms with Crippen LogP contribution in [0.15, 0.2) is 17.6 Å². The number of nitrogens with zero attached hydrogens (tertiary/aromatic N) is 4. The zero-order valence-electron chi connectivity index (χ0n) is 13.3. The zero-order chi connectivity index (χ0) is 16.7. The highest BCUT2D eigenvalue weighted by Crippen LogP contribution is 2.36. The first-order valence-corrected chi connectivity index (χ1v) is 8.97. The predicted molar refractivity (Wildman–Crippen MR) is 91.8 cm³/mol. The van der Waals surface area contributed by atoms with E-state index in [1.165, 1.54) is 0 Å². The van der Waals surface area contributed by atoms with Crippen molar-refractivity contribution in [2.45, 2.75) is 44.4 Å². The molecule has 6 nitrogen and oxygen atoms in total. The number of aromatic nitrogens is 3. The van der Waals surface area contributed by atoms with Gasteiger partial charge in [0.15, 0.2) is 0 Å². The summed E-state index contributed by atoms with van der Waals surface area (Å²) in [5.41, 5.74) is 2.78. The van der Waals surface area contributed by atoms with Gasteiger partial charge < -0.3 is 14.4 Å². The molecular formula is C17H18N4O2S. The maximum atomic E-state index is 10.2. The number of nitriles is 1. The van der Waals surface area contributed by atoms with Crippen LogP contribution in [-0.2, 0) is 4.74 Å². The molecule has 0 spiro atoms. The molecule has 0 aromatic carbocycles. The lowest BCUT2D eigenvalue weighted by Crippen LogP contribution is -2.29. The number of aliphatic hydroxyl groups is 1. The molecule has 1 aliphatic rings. The summed E-state index contributed by atoms with van der Waals surface area (Å²) in [6, 6.07) is 4.29. The highest BCUT2D eigenvalue weighted by atomic mass is 32.1. The summed E-state index contributed by atoms with van der Waals surface area (Å²) in [5, 5.41) is 21.1. The SMILES string of the molecule is C[C@@H](O)c1nc2cnc3ccsc3c2n1[C@@H]1CC[C@@H](CC#N)OC1. The highest BCUT2D eigenvalue weighted by molar-refractivity contribution is 7.18. The van der Waals surface area contributed by atoms with Gasteiger partial charge in [-0.05, 0) is 31.2 Å². The van der Waals surface area contributed by atoms with Crippen molar-refractivity contribution in [3.05, 3.63) is 23.5 Å². The van der Waals surface area contributed by atoms with Crippen molar-refractivity contribution in [1.82, 2.24) is 14.5 Å². The minimum absolute atomic E-state index is 0.0134. The number of hydrogen-bond donors (Lipinski definition) is 1. The molecule has 124 valence electrons. The molecule has 1 saturated heterocycles. The van der Waals surface area contributed by atoms with Gasteiger partial charge >= 0.3 is 0 Å². The normalized spacial score (nSPS) is 22.7. The van der Waals surface area contributed by atoms with Crippen molar-refractivity contribution in [3.63, 3.8) is 0 Å². The standard InChI is InChI=1S/C17H18N4O2S/c1-10(22)17-20-14-8-19-13-5-7-24-16(13)15(14)21(17)11-2-3-12(4-6-18)23-9-11/h5,7-8,10-12,22H,2-4,9H2,1H3/t10-,11-,12+/m1/s1. The fraction of sp³-hybridized carbons (Fsp3) is 0.471.